The second-order valence-corrected chi connectivity index (χ2v) is 4.75. The van der Waals surface area contributed by atoms with E-state index in [9.17, 15) is 13.6 Å². The van der Waals surface area contributed by atoms with Crippen LogP contribution in [0.15, 0.2) is 18.2 Å². The maximum absolute atomic E-state index is 13.5. The summed E-state index contributed by atoms with van der Waals surface area (Å²) >= 11 is 0. The largest absolute Gasteiger partial charge is 0.385 e. The van der Waals surface area contributed by atoms with Crippen LogP contribution in [0.4, 0.5) is 19.3 Å². The van der Waals surface area contributed by atoms with Crippen LogP contribution in [0, 0.1) is 11.6 Å². The lowest BCUT2D eigenvalue weighted by Crippen LogP contribution is -2.47. The van der Waals surface area contributed by atoms with E-state index in [1.807, 2.05) is 0 Å². The lowest BCUT2D eigenvalue weighted by atomic mass is 10.2. The normalized spacial score (nSPS) is 18.6. The molecule has 2 rings (SSSR count). The van der Waals surface area contributed by atoms with E-state index in [-0.39, 0.29) is 11.8 Å². The van der Waals surface area contributed by atoms with Crippen LogP contribution < -0.4 is 5.32 Å². The minimum Gasteiger partial charge on any atom is -0.385 e. The van der Waals surface area contributed by atoms with Crippen LogP contribution >= 0.6 is 0 Å². The molecule has 0 bridgehead atoms. The predicted octanol–water partition coefficient (Wildman–Crippen LogP) is 2.23. The summed E-state index contributed by atoms with van der Waals surface area (Å²) in [6, 6.07) is 3.19. The number of rotatable bonds is 4. The van der Waals surface area contributed by atoms with E-state index < -0.39 is 17.7 Å². The molecule has 7 heteroatoms. The van der Waals surface area contributed by atoms with Gasteiger partial charge in [0.15, 0.2) is 11.6 Å². The van der Waals surface area contributed by atoms with Crippen molar-refractivity contribution in [3.05, 3.63) is 29.8 Å². The second-order valence-electron chi connectivity index (χ2n) is 4.75. The maximum atomic E-state index is 13.5. The molecule has 1 fully saturated rings. The molecule has 1 heterocycles. The molecule has 1 N–H and O–H groups in total. The van der Waals surface area contributed by atoms with Crippen LogP contribution in [0.5, 0.6) is 0 Å². The van der Waals surface area contributed by atoms with E-state index in [0.29, 0.717) is 32.7 Å². The number of methoxy groups -OCH3 is 1. The number of halogens is 2. The number of nitrogens with zero attached hydrogens (tertiary/aromatic N) is 1. The van der Waals surface area contributed by atoms with E-state index in [2.05, 4.69) is 5.32 Å². The summed E-state index contributed by atoms with van der Waals surface area (Å²) in [6.07, 6.45) is 0.566. The quantitative estimate of drug-likeness (QED) is 0.927. The standard InChI is InChI=1S/C14H18F2N2O3/c1-20-7-5-10-9-18(6-8-21-10)14(19)17-12-4-2-3-11(15)13(12)16/h2-4,10H,5-9H2,1H3,(H,17,19)/t10-/m1/s1. The Morgan fingerprint density at radius 1 is 1.52 bits per heavy atom. The molecule has 0 spiro atoms. The minimum atomic E-state index is -1.06. The molecule has 1 aliphatic rings. The fourth-order valence-corrected chi connectivity index (χ4v) is 2.12. The topological polar surface area (TPSA) is 50.8 Å². The van der Waals surface area contributed by atoms with Gasteiger partial charge in [-0.2, -0.15) is 0 Å². The summed E-state index contributed by atoms with van der Waals surface area (Å²) in [5.74, 6) is -2.05. The van der Waals surface area contributed by atoms with Gasteiger partial charge >= 0.3 is 6.03 Å². The molecule has 0 aliphatic carbocycles. The van der Waals surface area contributed by atoms with E-state index in [4.69, 9.17) is 9.47 Å². The number of benzene rings is 1. The van der Waals surface area contributed by atoms with Crippen LogP contribution in [0.3, 0.4) is 0 Å². The highest BCUT2D eigenvalue weighted by Crippen LogP contribution is 2.18. The van der Waals surface area contributed by atoms with Gasteiger partial charge < -0.3 is 19.7 Å². The monoisotopic (exact) mass is 300 g/mol. The number of ether oxygens (including phenoxy) is 2. The third-order valence-corrected chi connectivity index (χ3v) is 3.26. The zero-order valence-corrected chi connectivity index (χ0v) is 11.8. The highest BCUT2D eigenvalue weighted by molar-refractivity contribution is 5.89. The van der Waals surface area contributed by atoms with Crippen LogP contribution in [0.2, 0.25) is 0 Å². The number of carbonyl (C=O) groups excluding carboxylic acids is 1. The summed E-state index contributed by atoms with van der Waals surface area (Å²) in [5.41, 5.74) is -0.167. The van der Waals surface area contributed by atoms with Gasteiger partial charge in [0, 0.05) is 26.8 Å². The summed E-state index contributed by atoms with van der Waals surface area (Å²) in [4.78, 5) is 13.6. The van der Waals surface area contributed by atoms with E-state index in [1.54, 1.807) is 7.11 Å². The lowest BCUT2D eigenvalue weighted by molar-refractivity contribution is -0.0260. The molecular weight excluding hydrogens is 282 g/mol. The maximum Gasteiger partial charge on any atom is 0.322 e. The van der Waals surface area contributed by atoms with Gasteiger partial charge in [0.05, 0.1) is 18.4 Å². The first-order valence-electron chi connectivity index (χ1n) is 6.72. The zero-order chi connectivity index (χ0) is 15.2. The number of urea groups is 1. The molecule has 1 aromatic rings. The number of anilines is 1. The Kier molecular flexibility index (Phi) is 5.46. The number of nitrogens with one attached hydrogen (secondary N) is 1. The first-order valence-corrected chi connectivity index (χ1v) is 6.72. The van der Waals surface area contributed by atoms with Gasteiger partial charge in [-0.05, 0) is 18.6 Å². The number of carbonyl (C=O) groups is 1. The van der Waals surface area contributed by atoms with Gasteiger partial charge in [0.25, 0.3) is 0 Å². The van der Waals surface area contributed by atoms with Crippen molar-refractivity contribution in [2.75, 3.05) is 38.7 Å². The summed E-state index contributed by atoms with van der Waals surface area (Å²) in [5, 5.41) is 2.38. The van der Waals surface area contributed by atoms with Crippen LogP contribution in [0.1, 0.15) is 6.42 Å². The van der Waals surface area contributed by atoms with Crippen LogP contribution in [0.25, 0.3) is 0 Å². The number of hydrogen-bond acceptors (Lipinski definition) is 3. The Hall–Kier alpha value is -1.73. The Morgan fingerprint density at radius 3 is 3.10 bits per heavy atom. The molecule has 1 aliphatic heterocycles. The fraction of sp³-hybridized carbons (Fsp3) is 0.500. The van der Waals surface area contributed by atoms with Crippen LogP contribution in [-0.4, -0.2) is 50.4 Å². The van der Waals surface area contributed by atoms with Gasteiger partial charge in [0.1, 0.15) is 0 Å². The average molecular weight is 300 g/mol. The van der Waals surface area contributed by atoms with Crippen LogP contribution in [-0.2, 0) is 9.47 Å². The van der Waals surface area contributed by atoms with Crippen molar-refractivity contribution in [1.29, 1.82) is 0 Å². The van der Waals surface area contributed by atoms with Gasteiger partial charge in [-0.3, -0.25) is 0 Å². The molecule has 5 nitrogen and oxygen atoms in total. The molecule has 1 aromatic carbocycles. The van der Waals surface area contributed by atoms with Crippen molar-refractivity contribution in [2.24, 2.45) is 0 Å². The minimum absolute atomic E-state index is 0.109. The first-order chi connectivity index (χ1) is 10.1. The highest BCUT2D eigenvalue weighted by atomic mass is 19.2. The SMILES string of the molecule is COCC[C@@H]1CN(C(=O)Nc2cccc(F)c2F)CCO1. The predicted molar refractivity (Wildman–Crippen MR) is 73.2 cm³/mol. The lowest BCUT2D eigenvalue weighted by Gasteiger charge is -2.32. The molecule has 1 saturated heterocycles. The highest BCUT2D eigenvalue weighted by Gasteiger charge is 2.24. The van der Waals surface area contributed by atoms with Crippen molar-refractivity contribution >= 4 is 11.7 Å². The first kappa shape index (κ1) is 15.7. The molecular formula is C14H18F2N2O3. The molecule has 1 atom stereocenters. The van der Waals surface area contributed by atoms with E-state index in [0.717, 1.165) is 6.07 Å². The summed E-state index contributed by atoms with van der Waals surface area (Å²) < 4.78 is 37.1. The summed E-state index contributed by atoms with van der Waals surface area (Å²) in [7, 11) is 1.60. The fourth-order valence-electron chi connectivity index (χ4n) is 2.12. The molecule has 0 saturated carbocycles. The van der Waals surface area contributed by atoms with Crippen molar-refractivity contribution in [3.63, 3.8) is 0 Å². The third kappa shape index (κ3) is 4.12. The Balaban J connectivity index is 1.95. The van der Waals surface area contributed by atoms with E-state index >= 15 is 0 Å². The van der Waals surface area contributed by atoms with Crippen molar-refractivity contribution in [3.8, 4) is 0 Å². The molecule has 116 valence electrons. The molecule has 0 unspecified atom stereocenters. The Labute approximate surface area is 121 Å². The second kappa shape index (κ2) is 7.33. The van der Waals surface area contributed by atoms with E-state index in [1.165, 1.54) is 17.0 Å². The summed E-state index contributed by atoms with van der Waals surface area (Å²) in [6.45, 7) is 1.75. The third-order valence-electron chi connectivity index (χ3n) is 3.26. The number of amides is 2. The Bertz CT molecular complexity index is 499. The van der Waals surface area contributed by atoms with Gasteiger partial charge in [-0.25, -0.2) is 13.6 Å². The smallest absolute Gasteiger partial charge is 0.322 e. The van der Waals surface area contributed by atoms with Crippen molar-refractivity contribution in [1.82, 2.24) is 4.90 Å². The number of morpholine rings is 1. The molecule has 0 radical (unpaired) electrons. The average Bonchev–Trinajstić information content (AvgIpc) is 2.50. The zero-order valence-electron chi connectivity index (χ0n) is 11.8. The number of hydrogen-bond donors (Lipinski definition) is 1. The molecule has 2 amide bonds. The molecule has 0 aromatic heterocycles. The molecule has 21 heavy (non-hydrogen) atoms. The van der Waals surface area contributed by atoms with Crippen molar-refractivity contribution in [2.45, 2.75) is 12.5 Å². The van der Waals surface area contributed by atoms with Gasteiger partial charge in [-0.1, -0.05) is 6.07 Å². The van der Waals surface area contributed by atoms with Crippen molar-refractivity contribution < 1.29 is 23.0 Å². The van der Waals surface area contributed by atoms with Gasteiger partial charge in [-0.15, -0.1) is 0 Å². The Morgan fingerprint density at radius 2 is 2.33 bits per heavy atom. The van der Waals surface area contributed by atoms with Gasteiger partial charge in [0.2, 0.25) is 0 Å².